The fraction of sp³-hybridized carbons (Fsp3) is 0.500. The van der Waals surface area contributed by atoms with Crippen LogP contribution in [-0.4, -0.2) is 0 Å². The summed E-state index contributed by atoms with van der Waals surface area (Å²) in [5, 5.41) is 9.28. The van der Waals surface area contributed by atoms with Crippen LogP contribution in [0.15, 0.2) is 36.4 Å². The second-order valence-electron chi connectivity index (χ2n) is 10.4. The fourth-order valence-electron chi connectivity index (χ4n) is 6.08. The van der Waals surface area contributed by atoms with Gasteiger partial charge >= 0.3 is 0 Å². The van der Waals surface area contributed by atoms with Crippen molar-refractivity contribution in [2.75, 3.05) is 0 Å². The zero-order chi connectivity index (χ0) is 23.7. The van der Waals surface area contributed by atoms with Crippen molar-refractivity contribution in [3.8, 4) is 0 Å². The molecule has 0 aliphatic rings. The summed E-state index contributed by atoms with van der Waals surface area (Å²) in [6, 6.07) is 14.2. The molecule has 0 aliphatic carbocycles. The molecule has 2 heteroatoms. The van der Waals surface area contributed by atoms with Crippen LogP contribution in [0.25, 0.3) is 41.7 Å². The molecule has 0 amide bonds. The standard InChI is InChI=1S/C32H40S2/c1-5-9-13-21(7-3)19-27-31-23-15-11-18-26-30(23)32(24-16-12-17-25(33-27)29(24)31)28(34-26)20-22(8-4)14-10-6-2/h11-12,15-18,21-22H,5-10,13-14,19-20H2,1-4H3. The average Bonchev–Trinajstić information content (AvgIpc) is 3.42. The molecule has 0 saturated carbocycles. The molecule has 34 heavy (non-hydrogen) atoms. The predicted octanol–water partition coefficient (Wildman–Crippen LogP) is 11.4. The summed E-state index contributed by atoms with van der Waals surface area (Å²) >= 11 is 4.15. The third kappa shape index (κ3) is 4.26. The Hall–Kier alpha value is -1.64. The molecule has 0 N–H and O–H groups in total. The monoisotopic (exact) mass is 488 g/mol. The summed E-state index contributed by atoms with van der Waals surface area (Å²) in [5.74, 6) is 1.60. The molecule has 0 aliphatic heterocycles. The van der Waals surface area contributed by atoms with Gasteiger partial charge in [0.1, 0.15) is 0 Å². The summed E-state index contributed by atoms with van der Waals surface area (Å²) in [5.41, 5.74) is 0. The molecule has 0 radical (unpaired) electrons. The lowest BCUT2D eigenvalue weighted by Gasteiger charge is -2.15. The van der Waals surface area contributed by atoms with E-state index in [2.05, 4.69) is 86.8 Å². The molecule has 2 atom stereocenters. The highest BCUT2D eigenvalue weighted by Gasteiger charge is 2.23. The Morgan fingerprint density at radius 1 is 0.588 bits per heavy atom. The van der Waals surface area contributed by atoms with Crippen LogP contribution in [-0.2, 0) is 12.8 Å². The van der Waals surface area contributed by atoms with Crippen molar-refractivity contribution in [1.29, 1.82) is 0 Å². The first kappa shape index (κ1) is 24.1. The van der Waals surface area contributed by atoms with Gasteiger partial charge in [-0.1, -0.05) is 103 Å². The van der Waals surface area contributed by atoms with Crippen LogP contribution in [0, 0.1) is 11.8 Å². The van der Waals surface area contributed by atoms with E-state index in [9.17, 15) is 0 Å². The Balaban J connectivity index is 1.71. The topological polar surface area (TPSA) is 0 Å². The highest BCUT2D eigenvalue weighted by atomic mass is 32.1. The lowest BCUT2D eigenvalue weighted by Crippen LogP contribution is -2.03. The molecule has 0 bridgehead atoms. The maximum absolute atomic E-state index is 2.42. The van der Waals surface area contributed by atoms with Crippen LogP contribution in [0.5, 0.6) is 0 Å². The Labute approximate surface area is 213 Å². The first-order valence-electron chi connectivity index (χ1n) is 13.8. The highest BCUT2D eigenvalue weighted by Crippen LogP contribution is 2.49. The maximum atomic E-state index is 2.42. The zero-order valence-corrected chi connectivity index (χ0v) is 23.1. The number of unbranched alkanes of at least 4 members (excludes halogenated alkanes) is 2. The van der Waals surface area contributed by atoms with E-state index in [0.29, 0.717) is 0 Å². The number of hydrogen-bond acceptors (Lipinski definition) is 2. The first-order valence-corrected chi connectivity index (χ1v) is 15.4. The molecule has 5 rings (SSSR count). The van der Waals surface area contributed by atoms with Gasteiger partial charge in [-0.2, -0.15) is 0 Å². The molecule has 5 aromatic rings. The van der Waals surface area contributed by atoms with Gasteiger partial charge in [0, 0.05) is 40.7 Å². The third-order valence-corrected chi connectivity index (χ3v) is 10.5. The van der Waals surface area contributed by atoms with Crippen LogP contribution < -0.4 is 0 Å². The van der Waals surface area contributed by atoms with E-state index < -0.39 is 0 Å². The smallest absolute Gasteiger partial charge is 0.0358 e. The summed E-state index contributed by atoms with van der Waals surface area (Å²) < 4.78 is 2.98. The van der Waals surface area contributed by atoms with Crippen molar-refractivity contribution in [2.24, 2.45) is 11.8 Å². The first-order chi connectivity index (χ1) is 16.7. The van der Waals surface area contributed by atoms with Gasteiger partial charge in [-0.3, -0.25) is 0 Å². The van der Waals surface area contributed by atoms with E-state index in [4.69, 9.17) is 0 Å². The summed E-state index contributed by atoms with van der Waals surface area (Å²) in [4.78, 5) is 3.26. The van der Waals surface area contributed by atoms with Crippen LogP contribution in [0.3, 0.4) is 0 Å². The van der Waals surface area contributed by atoms with Gasteiger partial charge in [-0.05, 0) is 47.6 Å². The number of fused-ring (bicyclic) bond motifs is 2. The van der Waals surface area contributed by atoms with Crippen LogP contribution in [0.1, 0.15) is 88.8 Å². The fourth-order valence-corrected chi connectivity index (χ4v) is 8.80. The molecule has 2 aromatic heterocycles. The highest BCUT2D eigenvalue weighted by molar-refractivity contribution is 7.21. The Kier molecular flexibility index (Phi) is 7.46. The maximum Gasteiger partial charge on any atom is 0.0358 e. The van der Waals surface area contributed by atoms with Gasteiger partial charge in [-0.25, -0.2) is 0 Å². The Bertz CT molecular complexity index is 1260. The number of rotatable bonds is 12. The molecule has 3 aromatic carbocycles. The van der Waals surface area contributed by atoms with E-state index in [0.717, 1.165) is 11.8 Å². The van der Waals surface area contributed by atoms with Crippen molar-refractivity contribution in [2.45, 2.75) is 91.9 Å². The minimum Gasteiger partial charge on any atom is -0.140 e. The van der Waals surface area contributed by atoms with Crippen LogP contribution in [0.2, 0.25) is 0 Å². The summed E-state index contributed by atoms with van der Waals surface area (Å²) in [6.07, 6.45) is 13.1. The number of thiophene rings is 2. The minimum absolute atomic E-state index is 0.801. The SMILES string of the molecule is CCCCC(CC)Cc1sc2cccc3c4c(CC(CC)CCCC)sc5cccc(c1c23)c54. The lowest BCUT2D eigenvalue weighted by atomic mass is 9.89. The molecule has 2 unspecified atom stereocenters. The van der Waals surface area contributed by atoms with Crippen LogP contribution >= 0.6 is 22.7 Å². The minimum atomic E-state index is 0.801. The van der Waals surface area contributed by atoms with Crippen molar-refractivity contribution >= 4 is 64.4 Å². The molecule has 180 valence electrons. The number of hydrogen-bond donors (Lipinski definition) is 0. The van der Waals surface area contributed by atoms with Crippen molar-refractivity contribution in [3.05, 3.63) is 46.2 Å². The normalized spacial score (nSPS) is 14.2. The van der Waals surface area contributed by atoms with Gasteiger partial charge < -0.3 is 0 Å². The second kappa shape index (κ2) is 10.5. The van der Waals surface area contributed by atoms with Crippen molar-refractivity contribution in [3.63, 3.8) is 0 Å². The van der Waals surface area contributed by atoms with E-state index in [1.807, 2.05) is 0 Å². The van der Waals surface area contributed by atoms with Crippen molar-refractivity contribution < 1.29 is 0 Å². The molecular weight excluding hydrogens is 448 g/mol. The molecule has 0 nitrogen and oxygen atoms in total. The predicted molar refractivity (Wildman–Crippen MR) is 157 cm³/mol. The van der Waals surface area contributed by atoms with E-state index in [-0.39, 0.29) is 0 Å². The third-order valence-electron chi connectivity index (χ3n) is 8.15. The van der Waals surface area contributed by atoms with Gasteiger partial charge in [0.15, 0.2) is 0 Å². The zero-order valence-electron chi connectivity index (χ0n) is 21.5. The van der Waals surface area contributed by atoms with E-state index in [1.165, 1.54) is 84.4 Å². The van der Waals surface area contributed by atoms with E-state index >= 15 is 0 Å². The molecule has 0 saturated heterocycles. The number of benzene rings is 3. The summed E-state index contributed by atoms with van der Waals surface area (Å²) in [7, 11) is 0. The van der Waals surface area contributed by atoms with E-state index in [1.54, 1.807) is 31.3 Å². The van der Waals surface area contributed by atoms with Crippen molar-refractivity contribution in [1.82, 2.24) is 0 Å². The second-order valence-corrected chi connectivity index (χ2v) is 12.7. The molecular formula is C32H40S2. The Morgan fingerprint density at radius 3 is 1.41 bits per heavy atom. The average molecular weight is 489 g/mol. The summed E-state index contributed by atoms with van der Waals surface area (Å²) in [6.45, 7) is 9.42. The Morgan fingerprint density at radius 2 is 1.03 bits per heavy atom. The molecule has 0 fully saturated rings. The molecule has 2 heterocycles. The quantitative estimate of drug-likeness (QED) is 0.153. The van der Waals surface area contributed by atoms with Gasteiger partial charge in [0.2, 0.25) is 0 Å². The van der Waals surface area contributed by atoms with Gasteiger partial charge in [0.05, 0.1) is 0 Å². The molecule has 0 spiro atoms. The lowest BCUT2D eigenvalue weighted by molar-refractivity contribution is 0.453. The van der Waals surface area contributed by atoms with Crippen LogP contribution in [0.4, 0.5) is 0 Å². The largest absolute Gasteiger partial charge is 0.140 e. The van der Waals surface area contributed by atoms with Gasteiger partial charge in [0.25, 0.3) is 0 Å². The van der Waals surface area contributed by atoms with Gasteiger partial charge in [-0.15, -0.1) is 22.7 Å².